The lowest BCUT2D eigenvalue weighted by atomic mass is 10.1. The third kappa shape index (κ3) is 19.1. The number of hydrogen-bond acceptors (Lipinski definition) is 9. The molecule has 0 aromatic heterocycles. The molecule has 5 atom stereocenters. The van der Waals surface area contributed by atoms with Crippen molar-refractivity contribution in [2.75, 3.05) is 46.2 Å². The van der Waals surface area contributed by atoms with Crippen molar-refractivity contribution in [1.29, 1.82) is 0 Å². The first kappa shape index (κ1) is 33.1. The van der Waals surface area contributed by atoms with Gasteiger partial charge in [-0.3, -0.25) is 0 Å². The SMILES string of the molecule is CC[Si](=O)C[Si](C)(CC(C)CCOCC(O)COCC(O)COCC(O)CO)O[Si](C)(C)C. The Balaban J connectivity index is 4.13. The molecule has 33 heavy (non-hydrogen) atoms. The van der Waals surface area contributed by atoms with E-state index in [1.54, 1.807) is 0 Å². The normalized spacial score (nSPS) is 17.9. The van der Waals surface area contributed by atoms with E-state index in [2.05, 4.69) is 33.1 Å². The van der Waals surface area contributed by atoms with Crippen LogP contribution < -0.4 is 0 Å². The maximum absolute atomic E-state index is 12.3. The first-order valence-electron chi connectivity index (χ1n) is 11.9. The van der Waals surface area contributed by atoms with Crippen molar-refractivity contribution in [2.24, 2.45) is 5.92 Å². The molecule has 0 aliphatic rings. The molecule has 0 aliphatic carbocycles. The predicted octanol–water partition coefficient (Wildman–Crippen LogP) is 1.55. The van der Waals surface area contributed by atoms with Crippen LogP contribution in [0.4, 0.5) is 0 Å². The van der Waals surface area contributed by atoms with Crippen LogP contribution in [0.1, 0.15) is 20.3 Å². The van der Waals surface area contributed by atoms with Crippen molar-refractivity contribution >= 4 is 25.3 Å². The minimum absolute atomic E-state index is 0.00941. The van der Waals surface area contributed by atoms with E-state index in [4.69, 9.17) is 28.5 Å². The van der Waals surface area contributed by atoms with Crippen LogP contribution in [-0.2, 0) is 22.8 Å². The number of hydrogen-bond donors (Lipinski definition) is 4. The lowest BCUT2D eigenvalue weighted by Crippen LogP contribution is -2.47. The van der Waals surface area contributed by atoms with Gasteiger partial charge in [0.1, 0.15) is 18.3 Å². The van der Waals surface area contributed by atoms with Gasteiger partial charge in [-0.05, 0) is 50.6 Å². The molecule has 0 bridgehead atoms. The summed E-state index contributed by atoms with van der Waals surface area (Å²) >= 11 is 0. The summed E-state index contributed by atoms with van der Waals surface area (Å²) in [5, 5.41) is 37.5. The van der Waals surface area contributed by atoms with Gasteiger partial charge >= 0.3 is 0 Å². The summed E-state index contributed by atoms with van der Waals surface area (Å²) in [4.78, 5) is 0. The first-order valence-corrected chi connectivity index (χ1v) is 20.0. The Bertz CT molecular complexity index is 522. The predicted molar refractivity (Wildman–Crippen MR) is 134 cm³/mol. The second-order valence-electron chi connectivity index (χ2n) is 10.1. The number of aliphatic hydroxyl groups is 4. The molecule has 4 N–H and O–H groups in total. The van der Waals surface area contributed by atoms with Crippen molar-refractivity contribution in [3.8, 4) is 0 Å². The van der Waals surface area contributed by atoms with Crippen molar-refractivity contribution in [3.05, 3.63) is 0 Å². The van der Waals surface area contributed by atoms with Crippen molar-refractivity contribution in [2.45, 2.75) is 82.5 Å². The zero-order valence-electron chi connectivity index (χ0n) is 21.4. The molecule has 0 fully saturated rings. The molecule has 0 spiro atoms. The van der Waals surface area contributed by atoms with E-state index in [-0.39, 0.29) is 33.0 Å². The highest BCUT2D eigenvalue weighted by Gasteiger charge is 2.37. The summed E-state index contributed by atoms with van der Waals surface area (Å²) in [6.07, 6.45) is -1.81. The van der Waals surface area contributed by atoms with Crippen LogP contribution >= 0.6 is 0 Å². The van der Waals surface area contributed by atoms with Crippen LogP contribution in [0.2, 0.25) is 43.9 Å². The fourth-order valence-corrected chi connectivity index (χ4v) is 17.4. The molecule has 5 unspecified atom stereocenters. The highest BCUT2D eigenvalue weighted by atomic mass is 28.4. The van der Waals surface area contributed by atoms with E-state index < -0.39 is 50.2 Å². The monoisotopic (exact) mass is 528 g/mol. The van der Waals surface area contributed by atoms with Gasteiger partial charge in [-0.15, -0.1) is 0 Å². The molecule has 0 radical (unpaired) electrons. The van der Waals surface area contributed by atoms with E-state index in [0.29, 0.717) is 12.5 Å². The van der Waals surface area contributed by atoms with E-state index in [1.807, 2.05) is 6.92 Å². The van der Waals surface area contributed by atoms with Crippen molar-refractivity contribution in [3.63, 3.8) is 0 Å². The van der Waals surface area contributed by atoms with Gasteiger partial charge in [0.15, 0.2) is 16.6 Å². The van der Waals surface area contributed by atoms with Gasteiger partial charge in [-0.1, -0.05) is 13.8 Å². The Morgan fingerprint density at radius 2 is 1.33 bits per heavy atom. The average Bonchev–Trinajstić information content (AvgIpc) is 2.69. The minimum Gasteiger partial charge on any atom is -0.455 e. The van der Waals surface area contributed by atoms with Gasteiger partial charge in [0.2, 0.25) is 0 Å². The number of rotatable bonds is 21. The molecule has 9 nitrogen and oxygen atoms in total. The van der Waals surface area contributed by atoms with Gasteiger partial charge in [0, 0.05) is 12.3 Å². The fourth-order valence-electron chi connectivity index (χ4n) is 3.60. The molecular formula is C21H48O9Si3. The number of ether oxygens (including phenoxy) is 3. The lowest BCUT2D eigenvalue weighted by molar-refractivity contribution is -0.0678. The summed E-state index contributed by atoms with van der Waals surface area (Å²) in [5.74, 6) is 0.387. The molecule has 0 saturated heterocycles. The van der Waals surface area contributed by atoms with Crippen LogP contribution in [-0.4, -0.2) is 110 Å². The van der Waals surface area contributed by atoms with Crippen molar-refractivity contribution in [1.82, 2.24) is 0 Å². The third-order valence-electron chi connectivity index (χ3n) is 4.82. The Morgan fingerprint density at radius 3 is 1.79 bits per heavy atom. The Kier molecular flexibility index (Phi) is 17.6. The van der Waals surface area contributed by atoms with Crippen LogP contribution in [0.5, 0.6) is 0 Å². The van der Waals surface area contributed by atoms with Gasteiger partial charge in [0.25, 0.3) is 8.68 Å². The summed E-state index contributed by atoms with van der Waals surface area (Å²) in [7, 11) is -5.34. The Morgan fingerprint density at radius 1 is 0.848 bits per heavy atom. The highest BCUT2D eigenvalue weighted by Crippen LogP contribution is 2.28. The average molecular weight is 529 g/mol. The number of aliphatic hydroxyl groups excluding tert-OH is 4. The van der Waals surface area contributed by atoms with Crippen LogP contribution in [0, 0.1) is 5.92 Å². The van der Waals surface area contributed by atoms with Crippen LogP contribution in [0.25, 0.3) is 0 Å². The maximum atomic E-state index is 12.3. The van der Waals surface area contributed by atoms with Gasteiger partial charge in [-0.2, -0.15) is 0 Å². The van der Waals surface area contributed by atoms with E-state index in [0.717, 1.165) is 24.2 Å². The molecule has 0 aromatic rings. The highest BCUT2D eigenvalue weighted by molar-refractivity contribution is 6.89. The van der Waals surface area contributed by atoms with E-state index in [9.17, 15) is 14.7 Å². The Hall–Kier alpha value is 0.131. The molecule has 198 valence electrons. The molecule has 0 rings (SSSR count). The molecule has 0 amide bonds. The molecular weight excluding hydrogens is 480 g/mol. The molecule has 12 heteroatoms. The van der Waals surface area contributed by atoms with Crippen LogP contribution in [0.3, 0.4) is 0 Å². The Labute approximate surface area is 203 Å². The first-order chi connectivity index (χ1) is 15.3. The minimum atomic E-state index is -2.05. The lowest BCUT2D eigenvalue weighted by Gasteiger charge is -2.36. The topological polar surface area (TPSA) is 135 Å². The van der Waals surface area contributed by atoms with Gasteiger partial charge in [0.05, 0.1) is 39.6 Å². The summed E-state index contributed by atoms with van der Waals surface area (Å²) in [6.45, 7) is 13.1. The van der Waals surface area contributed by atoms with Gasteiger partial charge in [-0.25, -0.2) is 0 Å². The zero-order valence-corrected chi connectivity index (χ0v) is 24.4. The molecule has 0 aromatic carbocycles. The standard InChI is InChI=1S/C21H48O9Si3/c1-7-31(26)17-33(6,30-32(3,4)5)16-18(2)8-9-27-12-20(24)13-29-15-21(25)14-28-11-19(23)10-22/h18-25H,7-17H2,1-6H3. The third-order valence-corrected chi connectivity index (χ3v) is 16.2. The maximum Gasteiger partial charge on any atom is 0.275 e. The van der Waals surface area contributed by atoms with E-state index in [1.165, 1.54) is 0 Å². The summed E-state index contributed by atoms with van der Waals surface area (Å²) in [5.41, 5.74) is 0.749. The molecule has 0 aliphatic heterocycles. The second-order valence-corrected chi connectivity index (χ2v) is 21.7. The summed E-state index contributed by atoms with van der Waals surface area (Å²) in [6, 6.07) is 1.69. The largest absolute Gasteiger partial charge is 0.455 e. The van der Waals surface area contributed by atoms with Crippen molar-refractivity contribution < 1.29 is 43.2 Å². The zero-order chi connectivity index (χ0) is 25.5. The quantitative estimate of drug-likeness (QED) is 0.129. The summed E-state index contributed by atoms with van der Waals surface area (Å²) < 4.78 is 34.8. The van der Waals surface area contributed by atoms with E-state index >= 15 is 0 Å². The second kappa shape index (κ2) is 17.5. The smallest absolute Gasteiger partial charge is 0.275 e. The molecule has 0 heterocycles. The fraction of sp³-hybridized carbons (Fsp3) is 1.00. The molecule has 0 saturated carbocycles. The van der Waals surface area contributed by atoms with Gasteiger partial charge < -0.3 is 43.2 Å². The van der Waals surface area contributed by atoms with Crippen LogP contribution in [0.15, 0.2) is 0 Å².